The summed E-state index contributed by atoms with van der Waals surface area (Å²) in [7, 11) is -1.69. The second-order valence-electron chi connectivity index (χ2n) is 3.91. The summed E-state index contributed by atoms with van der Waals surface area (Å²) >= 11 is 0. The van der Waals surface area contributed by atoms with Crippen LogP contribution < -0.4 is 10.0 Å². The lowest BCUT2D eigenvalue weighted by atomic mass is 10.1. The van der Waals surface area contributed by atoms with Crippen molar-refractivity contribution in [2.45, 2.75) is 26.7 Å². The summed E-state index contributed by atoms with van der Waals surface area (Å²) < 4.78 is 24.1. The van der Waals surface area contributed by atoms with Crippen LogP contribution in [0.5, 0.6) is 0 Å². The molecule has 0 atom stereocenters. The zero-order valence-electron chi connectivity index (χ0n) is 9.87. The highest BCUT2D eigenvalue weighted by Crippen LogP contribution is 2.01. The highest BCUT2D eigenvalue weighted by atomic mass is 32.2. The van der Waals surface area contributed by atoms with E-state index in [1.807, 2.05) is 0 Å². The van der Waals surface area contributed by atoms with Crippen LogP contribution in [-0.4, -0.2) is 34.2 Å². The molecule has 15 heavy (non-hydrogen) atoms. The van der Waals surface area contributed by atoms with E-state index in [2.05, 4.69) is 28.9 Å². The van der Waals surface area contributed by atoms with Gasteiger partial charge in [0.05, 0.1) is 6.26 Å². The van der Waals surface area contributed by atoms with Crippen molar-refractivity contribution in [3.05, 3.63) is 0 Å². The van der Waals surface area contributed by atoms with Crippen LogP contribution in [0.25, 0.3) is 0 Å². The van der Waals surface area contributed by atoms with Crippen molar-refractivity contribution in [1.82, 2.24) is 10.0 Å². The molecule has 0 saturated carbocycles. The monoisotopic (exact) mass is 239 g/mol. The second kappa shape index (κ2) is 6.66. The van der Waals surface area contributed by atoms with E-state index in [1.165, 1.54) is 0 Å². The Labute approximate surface area is 95.4 Å². The summed E-state index contributed by atoms with van der Waals surface area (Å²) in [5.41, 5.74) is 0. The van der Waals surface area contributed by atoms with Gasteiger partial charge in [0.2, 0.25) is 16.0 Å². The van der Waals surface area contributed by atoms with Crippen LogP contribution >= 0.6 is 0 Å². The van der Waals surface area contributed by atoms with Gasteiger partial charge >= 0.3 is 0 Å². The van der Waals surface area contributed by atoms with Crippen LogP contribution in [0.2, 0.25) is 0 Å². The van der Waals surface area contributed by atoms with Crippen molar-refractivity contribution in [2.24, 2.45) is 10.9 Å². The fourth-order valence-electron chi connectivity index (χ4n) is 1.05. The van der Waals surface area contributed by atoms with Crippen molar-refractivity contribution < 1.29 is 11.3 Å². The van der Waals surface area contributed by atoms with Crippen molar-refractivity contribution in [1.29, 1.82) is 0 Å². The van der Waals surface area contributed by atoms with Gasteiger partial charge in [0, 0.05) is 16.4 Å². The third-order valence-corrected chi connectivity index (χ3v) is 2.32. The Kier molecular flexibility index (Phi) is 6.31. The molecule has 0 aromatic heterocycles. The minimum Gasteiger partial charge on any atom is -0.356 e. The third kappa shape index (κ3) is 9.52. The predicted octanol–water partition coefficient (Wildman–Crippen LogP) is 1.04. The molecule has 0 radical (unpaired) electrons. The van der Waals surface area contributed by atoms with E-state index in [0.717, 1.165) is 25.6 Å². The van der Waals surface area contributed by atoms with Crippen LogP contribution in [-0.2, 0) is 10.0 Å². The Morgan fingerprint density at radius 1 is 1.47 bits per heavy atom. The molecule has 2 N–H and O–H groups in total. The van der Waals surface area contributed by atoms with Crippen molar-refractivity contribution in [2.75, 3.05) is 19.8 Å². The number of rotatable bonds is 5. The van der Waals surface area contributed by atoms with E-state index in [4.69, 9.17) is 0 Å². The first kappa shape index (κ1) is 14.2. The number of hydrogen-bond donors (Lipinski definition) is 2. The van der Waals surface area contributed by atoms with Gasteiger partial charge in [0.15, 0.2) is 0 Å². The van der Waals surface area contributed by atoms with Gasteiger partial charge in [-0.05, 0) is 18.8 Å². The van der Waals surface area contributed by atoms with Gasteiger partial charge < -0.3 is 5.32 Å². The normalized spacial score (nSPS) is 13.0. The summed E-state index contributed by atoms with van der Waals surface area (Å²) in [4.78, 5) is 3.81. The molecule has 0 aliphatic carbocycles. The maximum Gasteiger partial charge on any atom is 0.232 e. The Balaban J connectivity index is -0.000000980. The lowest BCUT2D eigenvalue weighted by Gasteiger charge is -2.10. The molecule has 0 spiro atoms. The number of guanidine groups is 1. The average molecular weight is 239 g/mol. The van der Waals surface area contributed by atoms with Crippen LogP contribution in [0.3, 0.4) is 0 Å². The topological polar surface area (TPSA) is 70.6 Å². The standard InChI is InChI=1S/C9H21N3O2S.2H2/c1-8(2)6-5-7-11-9(10-3)12-15(4,13)14;;/h8H,5-7H2,1-4H3,(H2,10,11,12);2*1H. The fourth-order valence-corrected chi connectivity index (χ4v) is 1.57. The molecule has 0 aliphatic heterocycles. The average Bonchev–Trinajstić information content (AvgIpc) is 2.08. The van der Waals surface area contributed by atoms with Gasteiger partial charge in [-0.2, -0.15) is 0 Å². The Bertz CT molecular complexity index is 305. The van der Waals surface area contributed by atoms with E-state index in [-0.39, 0.29) is 2.85 Å². The number of hydrogen-bond acceptors (Lipinski definition) is 3. The third-order valence-electron chi connectivity index (χ3n) is 1.76. The minimum atomic E-state index is -3.23. The largest absolute Gasteiger partial charge is 0.356 e. The molecule has 6 heteroatoms. The smallest absolute Gasteiger partial charge is 0.232 e. The first-order chi connectivity index (χ1) is 6.85. The molecule has 0 rings (SSSR count). The van der Waals surface area contributed by atoms with Gasteiger partial charge in [0.25, 0.3) is 0 Å². The lowest BCUT2D eigenvalue weighted by molar-refractivity contribution is 0.550. The SMILES string of the molecule is CN=C(NCCCC(C)C)NS(C)(=O)=O.[HH].[HH]. The number of aliphatic imine (C=N–C) groups is 1. The highest BCUT2D eigenvalue weighted by molar-refractivity contribution is 7.89. The van der Waals surface area contributed by atoms with Gasteiger partial charge in [-0.15, -0.1) is 0 Å². The number of sulfonamides is 1. The van der Waals surface area contributed by atoms with Crippen LogP contribution in [0, 0.1) is 5.92 Å². The Morgan fingerprint density at radius 3 is 2.47 bits per heavy atom. The van der Waals surface area contributed by atoms with Crippen molar-refractivity contribution >= 4 is 16.0 Å². The minimum absolute atomic E-state index is 0. The molecular weight excluding hydrogens is 214 g/mol. The highest BCUT2D eigenvalue weighted by Gasteiger charge is 2.04. The van der Waals surface area contributed by atoms with E-state index in [0.29, 0.717) is 11.9 Å². The van der Waals surface area contributed by atoms with Gasteiger partial charge in [-0.25, -0.2) is 8.42 Å². The fraction of sp³-hybridized carbons (Fsp3) is 0.889. The van der Waals surface area contributed by atoms with E-state index >= 15 is 0 Å². The molecule has 0 aromatic carbocycles. The van der Waals surface area contributed by atoms with Crippen LogP contribution in [0.1, 0.15) is 29.5 Å². The van der Waals surface area contributed by atoms with Crippen molar-refractivity contribution in [3.8, 4) is 0 Å². The maximum atomic E-state index is 10.9. The summed E-state index contributed by atoms with van der Waals surface area (Å²) in [5.74, 6) is 0.970. The summed E-state index contributed by atoms with van der Waals surface area (Å²) in [6.45, 7) is 5.04. The molecule has 0 heterocycles. The Morgan fingerprint density at radius 2 is 2.07 bits per heavy atom. The van der Waals surface area contributed by atoms with E-state index in [1.54, 1.807) is 7.05 Å². The molecule has 94 valence electrons. The molecular formula is C9H25N3O2S. The molecule has 0 bridgehead atoms. The second-order valence-corrected chi connectivity index (χ2v) is 5.66. The first-order valence-electron chi connectivity index (χ1n) is 5.03. The van der Waals surface area contributed by atoms with Crippen molar-refractivity contribution in [3.63, 3.8) is 0 Å². The molecule has 5 nitrogen and oxygen atoms in total. The van der Waals surface area contributed by atoms with Crippen LogP contribution in [0.15, 0.2) is 4.99 Å². The van der Waals surface area contributed by atoms with E-state index < -0.39 is 10.0 Å². The first-order valence-corrected chi connectivity index (χ1v) is 6.92. The van der Waals surface area contributed by atoms with Gasteiger partial charge in [-0.1, -0.05) is 13.8 Å². The summed E-state index contributed by atoms with van der Waals surface area (Å²) in [5, 5.41) is 2.94. The molecule has 0 aliphatic rings. The van der Waals surface area contributed by atoms with Gasteiger partial charge in [-0.3, -0.25) is 9.71 Å². The zero-order chi connectivity index (χ0) is 11.9. The molecule has 0 fully saturated rings. The quantitative estimate of drug-likeness (QED) is 0.428. The summed E-state index contributed by atoms with van der Waals surface area (Å²) in [6.07, 6.45) is 3.22. The molecule has 0 saturated heterocycles. The predicted molar refractivity (Wildman–Crippen MR) is 67.6 cm³/mol. The number of nitrogens with one attached hydrogen (secondary N) is 2. The zero-order valence-corrected chi connectivity index (χ0v) is 10.7. The molecule has 0 amide bonds. The Hall–Kier alpha value is -0.780. The molecule has 0 aromatic rings. The van der Waals surface area contributed by atoms with E-state index in [9.17, 15) is 8.42 Å². The summed E-state index contributed by atoms with van der Waals surface area (Å²) in [6, 6.07) is 0. The number of nitrogens with zero attached hydrogens (tertiary/aromatic N) is 1. The maximum absolute atomic E-state index is 10.9. The molecule has 0 unspecified atom stereocenters. The van der Waals surface area contributed by atoms with Crippen LogP contribution in [0.4, 0.5) is 0 Å². The van der Waals surface area contributed by atoms with Gasteiger partial charge in [0.1, 0.15) is 0 Å². The lowest BCUT2D eigenvalue weighted by Crippen LogP contribution is -2.40.